The fraction of sp³-hybridized carbons (Fsp3) is 0.462. The highest BCUT2D eigenvalue weighted by molar-refractivity contribution is 7.91. The number of H-pyrrole nitrogens is 1. The number of imidazole rings is 1. The molecular weight excluding hydrogens is 262 g/mol. The number of unbranched alkanes of at least 4 members (excludes halogenated alkanes) is 2. The van der Waals surface area contributed by atoms with Crippen molar-refractivity contribution in [3.05, 3.63) is 24.0 Å². The molecule has 0 radical (unpaired) electrons. The number of aromatic amines is 1. The second kappa shape index (κ2) is 5.71. The van der Waals surface area contributed by atoms with Crippen molar-refractivity contribution in [1.29, 1.82) is 0 Å². The largest absolute Gasteiger partial charge is 0.342 e. The number of nitrogens with two attached hydrogens (primary N) is 1. The van der Waals surface area contributed by atoms with Crippen molar-refractivity contribution >= 4 is 20.9 Å². The van der Waals surface area contributed by atoms with Crippen LogP contribution in [0.15, 0.2) is 23.1 Å². The standard InChI is InChI=1S/C13H19N3O2S/c1-19(17,18)11-7-5-6-10-13(11)16-12(15-10)8-3-2-4-9-14/h5-7H,2-4,8-9,14H2,1H3,(H,15,16). The van der Waals surface area contributed by atoms with Gasteiger partial charge in [-0.25, -0.2) is 13.4 Å². The molecule has 1 aromatic heterocycles. The highest BCUT2D eigenvalue weighted by Gasteiger charge is 2.14. The van der Waals surface area contributed by atoms with Crippen LogP contribution in [0.4, 0.5) is 0 Å². The molecule has 0 amide bonds. The first-order chi connectivity index (χ1) is 9.02. The maximum atomic E-state index is 11.7. The average molecular weight is 281 g/mol. The highest BCUT2D eigenvalue weighted by Crippen LogP contribution is 2.21. The third-order valence-corrected chi connectivity index (χ3v) is 4.17. The molecule has 0 saturated heterocycles. The molecule has 1 heterocycles. The first kappa shape index (κ1) is 14.0. The van der Waals surface area contributed by atoms with E-state index in [4.69, 9.17) is 5.73 Å². The number of aryl methyl sites for hydroxylation is 1. The molecule has 2 rings (SSSR count). The molecule has 0 atom stereocenters. The molecule has 2 aromatic rings. The van der Waals surface area contributed by atoms with Gasteiger partial charge in [-0.2, -0.15) is 0 Å². The minimum absolute atomic E-state index is 0.287. The fourth-order valence-corrected chi connectivity index (χ4v) is 2.92. The van der Waals surface area contributed by atoms with E-state index in [1.165, 1.54) is 6.26 Å². The number of hydrogen-bond acceptors (Lipinski definition) is 4. The zero-order valence-electron chi connectivity index (χ0n) is 11.0. The first-order valence-corrected chi connectivity index (χ1v) is 8.29. The Bertz CT molecular complexity index is 662. The second-order valence-electron chi connectivity index (χ2n) is 4.71. The van der Waals surface area contributed by atoms with Crippen molar-refractivity contribution in [1.82, 2.24) is 9.97 Å². The lowest BCUT2D eigenvalue weighted by Gasteiger charge is -1.97. The Hall–Kier alpha value is -1.40. The Morgan fingerprint density at radius 1 is 1.26 bits per heavy atom. The predicted molar refractivity (Wildman–Crippen MR) is 75.8 cm³/mol. The van der Waals surface area contributed by atoms with Crippen LogP contribution in [0.25, 0.3) is 11.0 Å². The van der Waals surface area contributed by atoms with Crippen molar-refractivity contribution in [3.8, 4) is 0 Å². The van der Waals surface area contributed by atoms with E-state index in [2.05, 4.69) is 9.97 Å². The number of hydrogen-bond donors (Lipinski definition) is 2. The van der Waals surface area contributed by atoms with Crippen LogP contribution in [0.3, 0.4) is 0 Å². The van der Waals surface area contributed by atoms with E-state index >= 15 is 0 Å². The summed E-state index contributed by atoms with van der Waals surface area (Å²) in [6, 6.07) is 5.17. The van der Waals surface area contributed by atoms with Crippen LogP contribution < -0.4 is 5.73 Å². The zero-order valence-corrected chi connectivity index (χ0v) is 11.8. The summed E-state index contributed by atoms with van der Waals surface area (Å²) in [5, 5.41) is 0. The van der Waals surface area contributed by atoms with Crippen molar-refractivity contribution < 1.29 is 8.42 Å². The fourth-order valence-electron chi connectivity index (χ4n) is 2.09. The van der Waals surface area contributed by atoms with Crippen LogP contribution >= 0.6 is 0 Å². The van der Waals surface area contributed by atoms with E-state index in [1.54, 1.807) is 12.1 Å². The Morgan fingerprint density at radius 2 is 2.05 bits per heavy atom. The van der Waals surface area contributed by atoms with Gasteiger partial charge in [-0.3, -0.25) is 0 Å². The summed E-state index contributed by atoms with van der Waals surface area (Å²) in [4.78, 5) is 7.88. The van der Waals surface area contributed by atoms with Gasteiger partial charge in [-0.05, 0) is 31.5 Å². The number of nitrogens with zero attached hydrogens (tertiary/aromatic N) is 1. The topological polar surface area (TPSA) is 88.8 Å². The van der Waals surface area contributed by atoms with Gasteiger partial charge in [0.1, 0.15) is 11.3 Å². The Morgan fingerprint density at radius 3 is 2.74 bits per heavy atom. The van der Waals surface area contributed by atoms with Gasteiger partial charge >= 0.3 is 0 Å². The summed E-state index contributed by atoms with van der Waals surface area (Å²) >= 11 is 0. The van der Waals surface area contributed by atoms with Crippen LogP contribution in [0.1, 0.15) is 25.1 Å². The Balaban J connectivity index is 2.26. The summed E-state index contributed by atoms with van der Waals surface area (Å²) < 4.78 is 23.4. The summed E-state index contributed by atoms with van der Waals surface area (Å²) in [5.41, 5.74) is 6.76. The summed E-state index contributed by atoms with van der Waals surface area (Å²) in [5.74, 6) is 0.836. The Kier molecular flexibility index (Phi) is 4.21. The van der Waals surface area contributed by atoms with E-state index < -0.39 is 9.84 Å². The van der Waals surface area contributed by atoms with Crippen molar-refractivity contribution in [2.75, 3.05) is 12.8 Å². The third kappa shape index (κ3) is 3.33. The molecule has 0 aliphatic rings. The monoisotopic (exact) mass is 281 g/mol. The highest BCUT2D eigenvalue weighted by atomic mass is 32.2. The number of benzene rings is 1. The quantitative estimate of drug-likeness (QED) is 0.788. The molecular formula is C13H19N3O2S. The maximum absolute atomic E-state index is 11.7. The smallest absolute Gasteiger partial charge is 0.177 e. The number of sulfone groups is 1. The van der Waals surface area contributed by atoms with Crippen LogP contribution in [-0.2, 0) is 16.3 Å². The second-order valence-corrected chi connectivity index (χ2v) is 6.69. The number of fused-ring (bicyclic) bond motifs is 1. The molecule has 0 bridgehead atoms. The molecule has 0 unspecified atom stereocenters. The molecule has 0 spiro atoms. The molecule has 19 heavy (non-hydrogen) atoms. The van der Waals surface area contributed by atoms with Gasteiger partial charge in [0.25, 0.3) is 0 Å². The van der Waals surface area contributed by atoms with Gasteiger partial charge in [0.2, 0.25) is 0 Å². The lowest BCUT2D eigenvalue weighted by atomic mass is 10.2. The van der Waals surface area contributed by atoms with Gasteiger partial charge in [0.05, 0.1) is 10.4 Å². The van der Waals surface area contributed by atoms with Crippen molar-refractivity contribution in [2.45, 2.75) is 30.6 Å². The molecule has 0 aliphatic heterocycles. The number of aromatic nitrogens is 2. The number of rotatable bonds is 6. The first-order valence-electron chi connectivity index (χ1n) is 6.40. The van der Waals surface area contributed by atoms with E-state index in [-0.39, 0.29) is 4.90 Å². The molecule has 3 N–H and O–H groups in total. The van der Waals surface area contributed by atoms with E-state index in [1.807, 2.05) is 6.07 Å². The predicted octanol–water partition coefficient (Wildman–Crippen LogP) is 1.64. The van der Waals surface area contributed by atoms with E-state index in [0.717, 1.165) is 37.0 Å². The summed E-state index contributed by atoms with van der Waals surface area (Å²) in [6.45, 7) is 0.707. The zero-order chi connectivity index (χ0) is 13.9. The minimum atomic E-state index is -3.24. The summed E-state index contributed by atoms with van der Waals surface area (Å²) in [7, 11) is -3.24. The SMILES string of the molecule is CS(=O)(=O)c1cccc2[nH]c(CCCCCN)nc12. The minimum Gasteiger partial charge on any atom is -0.342 e. The van der Waals surface area contributed by atoms with Gasteiger partial charge < -0.3 is 10.7 Å². The normalized spacial score (nSPS) is 12.1. The average Bonchev–Trinajstić information content (AvgIpc) is 2.75. The Labute approximate surface area is 113 Å². The maximum Gasteiger partial charge on any atom is 0.177 e. The lowest BCUT2D eigenvalue weighted by molar-refractivity contribution is 0.602. The van der Waals surface area contributed by atoms with E-state index in [0.29, 0.717) is 12.1 Å². The summed E-state index contributed by atoms with van der Waals surface area (Å²) in [6.07, 6.45) is 5.10. The van der Waals surface area contributed by atoms with Crippen molar-refractivity contribution in [3.63, 3.8) is 0 Å². The molecule has 0 saturated carbocycles. The molecule has 0 fully saturated rings. The van der Waals surface area contributed by atoms with Crippen molar-refractivity contribution in [2.24, 2.45) is 5.73 Å². The van der Waals surface area contributed by atoms with Gasteiger partial charge in [0.15, 0.2) is 9.84 Å². The van der Waals surface area contributed by atoms with Crippen LogP contribution in [0.5, 0.6) is 0 Å². The molecule has 104 valence electrons. The van der Waals surface area contributed by atoms with E-state index in [9.17, 15) is 8.42 Å². The molecule has 1 aromatic carbocycles. The van der Waals surface area contributed by atoms with Crippen LogP contribution in [0, 0.1) is 0 Å². The third-order valence-electron chi connectivity index (χ3n) is 3.04. The van der Waals surface area contributed by atoms with Gasteiger partial charge in [0, 0.05) is 12.7 Å². The number of para-hydroxylation sites is 1. The van der Waals surface area contributed by atoms with Crippen LogP contribution in [-0.4, -0.2) is 31.2 Å². The molecule has 5 nitrogen and oxygen atoms in total. The lowest BCUT2D eigenvalue weighted by Crippen LogP contribution is -1.99. The van der Waals surface area contributed by atoms with Gasteiger partial charge in [-0.1, -0.05) is 12.5 Å². The molecule has 0 aliphatic carbocycles. The molecule has 6 heteroatoms. The van der Waals surface area contributed by atoms with Crippen LogP contribution in [0.2, 0.25) is 0 Å². The number of nitrogens with one attached hydrogen (secondary N) is 1. The van der Waals surface area contributed by atoms with Gasteiger partial charge in [-0.15, -0.1) is 0 Å².